The van der Waals surface area contributed by atoms with Crippen LogP contribution in [0.15, 0.2) is 24.3 Å². The minimum absolute atomic E-state index is 0.0555. The number of hydrogen-bond acceptors (Lipinski definition) is 2. The Kier molecular flexibility index (Phi) is 5.86. The van der Waals surface area contributed by atoms with Crippen molar-refractivity contribution in [3.05, 3.63) is 35.4 Å². The van der Waals surface area contributed by atoms with Crippen LogP contribution in [-0.2, 0) is 11.3 Å². The summed E-state index contributed by atoms with van der Waals surface area (Å²) in [5.74, 6) is 0.0555. The molecule has 0 bridgehead atoms. The fourth-order valence-electron chi connectivity index (χ4n) is 1.86. The molecule has 0 aliphatic heterocycles. The van der Waals surface area contributed by atoms with E-state index in [0.29, 0.717) is 13.0 Å². The van der Waals surface area contributed by atoms with Crippen molar-refractivity contribution in [1.29, 1.82) is 0 Å². The molecule has 0 aromatic heterocycles. The number of hydrogen-bond donors (Lipinski definition) is 1. The van der Waals surface area contributed by atoms with Gasteiger partial charge >= 0.3 is 0 Å². The summed E-state index contributed by atoms with van der Waals surface area (Å²) in [6, 6.07) is 7.92. The zero-order chi connectivity index (χ0) is 13.5. The Morgan fingerprint density at radius 3 is 2.39 bits per heavy atom. The second kappa shape index (κ2) is 7.17. The highest BCUT2D eigenvalue weighted by Crippen LogP contribution is 2.09. The van der Waals surface area contributed by atoms with Crippen molar-refractivity contribution in [2.45, 2.75) is 46.2 Å². The number of carbonyl (C=O) groups excluding carboxylic acids is 1. The molecule has 0 heterocycles. The molecule has 0 saturated carbocycles. The molecule has 2 N–H and O–H groups in total. The van der Waals surface area contributed by atoms with Gasteiger partial charge in [0, 0.05) is 13.1 Å². The third kappa shape index (κ3) is 4.15. The summed E-state index contributed by atoms with van der Waals surface area (Å²) in [6.45, 7) is 7.50. The van der Waals surface area contributed by atoms with Crippen molar-refractivity contribution >= 4 is 5.91 Å². The van der Waals surface area contributed by atoms with E-state index < -0.39 is 0 Å². The Bertz CT molecular complexity index is 373. The number of nitrogens with zero attached hydrogens (tertiary/aromatic N) is 1. The first-order valence-electron chi connectivity index (χ1n) is 6.68. The minimum atomic E-state index is -0.373. The van der Waals surface area contributed by atoms with E-state index in [1.165, 1.54) is 5.56 Å². The second-order valence-corrected chi connectivity index (χ2v) is 4.76. The van der Waals surface area contributed by atoms with Crippen LogP contribution < -0.4 is 5.73 Å². The van der Waals surface area contributed by atoms with Crippen LogP contribution in [0.2, 0.25) is 0 Å². The molecule has 1 aromatic carbocycles. The molecule has 0 unspecified atom stereocenters. The second-order valence-electron chi connectivity index (χ2n) is 4.76. The Labute approximate surface area is 110 Å². The monoisotopic (exact) mass is 248 g/mol. The molecule has 1 atom stereocenters. The standard InChI is InChI=1S/C15H24N2O/c1-4-10-17(15(18)14(16)5-2)11-13-8-6-12(3)7-9-13/h6-9,14H,4-5,10-11,16H2,1-3H3/t14-/m0/s1. The quantitative estimate of drug-likeness (QED) is 0.840. The van der Waals surface area contributed by atoms with Crippen LogP contribution in [-0.4, -0.2) is 23.4 Å². The van der Waals surface area contributed by atoms with Gasteiger partial charge in [-0.1, -0.05) is 43.7 Å². The molecule has 0 radical (unpaired) electrons. The molecule has 1 aromatic rings. The summed E-state index contributed by atoms with van der Waals surface area (Å²) < 4.78 is 0. The molecule has 0 aliphatic rings. The Hall–Kier alpha value is -1.35. The zero-order valence-corrected chi connectivity index (χ0v) is 11.6. The molecule has 0 fully saturated rings. The van der Waals surface area contributed by atoms with E-state index in [0.717, 1.165) is 18.5 Å². The summed E-state index contributed by atoms with van der Waals surface area (Å²) >= 11 is 0. The van der Waals surface area contributed by atoms with E-state index in [4.69, 9.17) is 5.73 Å². The van der Waals surface area contributed by atoms with Crippen LogP contribution in [0.25, 0.3) is 0 Å². The van der Waals surface area contributed by atoms with Gasteiger partial charge in [0.1, 0.15) is 0 Å². The predicted molar refractivity (Wildman–Crippen MR) is 75.2 cm³/mol. The summed E-state index contributed by atoms with van der Waals surface area (Å²) in [4.78, 5) is 14.0. The highest BCUT2D eigenvalue weighted by atomic mass is 16.2. The molecule has 3 nitrogen and oxygen atoms in total. The fourth-order valence-corrected chi connectivity index (χ4v) is 1.86. The van der Waals surface area contributed by atoms with E-state index in [1.54, 1.807) is 0 Å². The number of aryl methyl sites for hydroxylation is 1. The maximum absolute atomic E-state index is 12.1. The predicted octanol–water partition coefficient (Wildman–Crippen LogP) is 2.47. The van der Waals surface area contributed by atoms with Crippen molar-refractivity contribution in [2.75, 3.05) is 6.54 Å². The van der Waals surface area contributed by atoms with E-state index in [9.17, 15) is 4.79 Å². The topological polar surface area (TPSA) is 46.3 Å². The van der Waals surface area contributed by atoms with Crippen molar-refractivity contribution in [3.8, 4) is 0 Å². The van der Waals surface area contributed by atoms with Gasteiger partial charge in [-0.2, -0.15) is 0 Å². The molecule has 0 saturated heterocycles. The van der Waals surface area contributed by atoms with Crippen LogP contribution >= 0.6 is 0 Å². The molecule has 18 heavy (non-hydrogen) atoms. The molecule has 0 spiro atoms. The third-order valence-electron chi connectivity index (χ3n) is 3.06. The highest BCUT2D eigenvalue weighted by molar-refractivity contribution is 5.81. The molecular weight excluding hydrogens is 224 g/mol. The highest BCUT2D eigenvalue weighted by Gasteiger charge is 2.18. The van der Waals surface area contributed by atoms with E-state index in [-0.39, 0.29) is 11.9 Å². The van der Waals surface area contributed by atoms with E-state index in [1.807, 2.05) is 11.8 Å². The maximum atomic E-state index is 12.1. The lowest BCUT2D eigenvalue weighted by Crippen LogP contribution is -2.43. The zero-order valence-electron chi connectivity index (χ0n) is 11.6. The van der Waals surface area contributed by atoms with Gasteiger partial charge in [0.25, 0.3) is 0 Å². The summed E-state index contributed by atoms with van der Waals surface area (Å²) in [6.07, 6.45) is 1.64. The van der Waals surface area contributed by atoms with Crippen LogP contribution in [0.3, 0.4) is 0 Å². The van der Waals surface area contributed by atoms with Gasteiger partial charge in [0.2, 0.25) is 5.91 Å². The fraction of sp³-hybridized carbons (Fsp3) is 0.533. The first-order valence-corrected chi connectivity index (χ1v) is 6.68. The number of nitrogens with two attached hydrogens (primary N) is 1. The van der Waals surface area contributed by atoms with Gasteiger partial charge in [-0.05, 0) is 25.3 Å². The van der Waals surface area contributed by atoms with Gasteiger partial charge in [-0.25, -0.2) is 0 Å². The average Bonchev–Trinajstić information content (AvgIpc) is 2.39. The van der Waals surface area contributed by atoms with Crippen LogP contribution in [0.1, 0.15) is 37.8 Å². The SMILES string of the molecule is CCCN(Cc1ccc(C)cc1)C(=O)[C@@H](N)CC. The average molecular weight is 248 g/mol. The normalized spacial score (nSPS) is 12.2. The minimum Gasteiger partial charge on any atom is -0.337 e. The number of benzene rings is 1. The Morgan fingerprint density at radius 1 is 1.28 bits per heavy atom. The van der Waals surface area contributed by atoms with Crippen LogP contribution in [0.4, 0.5) is 0 Å². The van der Waals surface area contributed by atoms with Crippen molar-refractivity contribution in [1.82, 2.24) is 4.90 Å². The number of rotatable bonds is 6. The van der Waals surface area contributed by atoms with Gasteiger partial charge in [-0.15, -0.1) is 0 Å². The van der Waals surface area contributed by atoms with Gasteiger partial charge in [0.05, 0.1) is 6.04 Å². The molecule has 3 heteroatoms. The lowest BCUT2D eigenvalue weighted by Gasteiger charge is -2.25. The largest absolute Gasteiger partial charge is 0.337 e. The first-order chi connectivity index (χ1) is 8.58. The van der Waals surface area contributed by atoms with Gasteiger partial charge in [0.15, 0.2) is 0 Å². The molecule has 1 rings (SSSR count). The van der Waals surface area contributed by atoms with Gasteiger partial charge < -0.3 is 10.6 Å². The first kappa shape index (κ1) is 14.7. The lowest BCUT2D eigenvalue weighted by molar-refractivity contribution is -0.133. The maximum Gasteiger partial charge on any atom is 0.239 e. The lowest BCUT2D eigenvalue weighted by atomic mass is 10.1. The Balaban J connectivity index is 2.73. The van der Waals surface area contributed by atoms with E-state index in [2.05, 4.69) is 38.1 Å². The summed E-state index contributed by atoms with van der Waals surface area (Å²) in [5, 5.41) is 0. The van der Waals surface area contributed by atoms with Crippen molar-refractivity contribution < 1.29 is 4.79 Å². The summed E-state index contributed by atoms with van der Waals surface area (Å²) in [5.41, 5.74) is 8.23. The van der Waals surface area contributed by atoms with Crippen LogP contribution in [0, 0.1) is 6.92 Å². The smallest absolute Gasteiger partial charge is 0.239 e. The molecule has 1 amide bonds. The molecular formula is C15H24N2O. The Morgan fingerprint density at radius 2 is 1.89 bits per heavy atom. The van der Waals surface area contributed by atoms with Gasteiger partial charge in [-0.3, -0.25) is 4.79 Å². The van der Waals surface area contributed by atoms with Crippen molar-refractivity contribution in [2.24, 2.45) is 5.73 Å². The van der Waals surface area contributed by atoms with Crippen molar-refractivity contribution in [3.63, 3.8) is 0 Å². The van der Waals surface area contributed by atoms with E-state index >= 15 is 0 Å². The molecule has 100 valence electrons. The summed E-state index contributed by atoms with van der Waals surface area (Å²) in [7, 11) is 0. The number of amides is 1. The number of carbonyl (C=O) groups is 1. The van der Waals surface area contributed by atoms with Crippen LogP contribution in [0.5, 0.6) is 0 Å². The molecule has 0 aliphatic carbocycles. The third-order valence-corrected chi connectivity index (χ3v) is 3.06.